The third-order valence-electron chi connectivity index (χ3n) is 3.23. The third-order valence-corrected chi connectivity index (χ3v) is 3.23. The number of aryl methyl sites for hydroxylation is 2. The van der Waals surface area contributed by atoms with E-state index in [1.165, 1.54) is 12.0 Å². The Kier molecular flexibility index (Phi) is 3.12. The highest BCUT2D eigenvalue weighted by molar-refractivity contribution is 5.20. The SMILES string of the molecule is Cc1cc(CN2CCC[C@H]2CO)c(C)o1. The van der Waals surface area contributed by atoms with Crippen LogP contribution in [0.2, 0.25) is 0 Å². The summed E-state index contributed by atoms with van der Waals surface area (Å²) in [6, 6.07) is 2.45. The van der Waals surface area contributed by atoms with Crippen LogP contribution in [0.25, 0.3) is 0 Å². The van der Waals surface area contributed by atoms with Crippen LogP contribution in [0.3, 0.4) is 0 Å². The van der Waals surface area contributed by atoms with Gasteiger partial charge in [0.15, 0.2) is 0 Å². The van der Waals surface area contributed by atoms with E-state index in [-0.39, 0.29) is 6.61 Å². The molecule has 3 heteroatoms. The van der Waals surface area contributed by atoms with Crippen LogP contribution in [0.5, 0.6) is 0 Å². The smallest absolute Gasteiger partial charge is 0.105 e. The fourth-order valence-electron chi connectivity index (χ4n) is 2.37. The van der Waals surface area contributed by atoms with Gasteiger partial charge in [0.1, 0.15) is 11.5 Å². The summed E-state index contributed by atoms with van der Waals surface area (Å²) in [5.74, 6) is 1.98. The maximum absolute atomic E-state index is 9.22. The fourth-order valence-corrected chi connectivity index (χ4v) is 2.37. The van der Waals surface area contributed by atoms with Gasteiger partial charge in [-0.25, -0.2) is 0 Å². The average molecular weight is 209 g/mol. The standard InChI is InChI=1S/C12H19NO2/c1-9-6-11(10(2)15-9)7-13-5-3-4-12(13)8-14/h6,12,14H,3-5,7-8H2,1-2H3/t12-/m0/s1. The quantitative estimate of drug-likeness (QED) is 0.825. The monoisotopic (exact) mass is 209 g/mol. The van der Waals surface area contributed by atoms with Crippen LogP contribution in [0, 0.1) is 13.8 Å². The van der Waals surface area contributed by atoms with Crippen LogP contribution < -0.4 is 0 Å². The van der Waals surface area contributed by atoms with Crippen LogP contribution in [0.4, 0.5) is 0 Å². The molecule has 0 radical (unpaired) electrons. The molecular weight excluding hydrogens is 190 g/mol. The number of hydrogen-bond donors (Lipinski definition) is 1. The van der Waals surface area contributed by atoms with Crippen LogP contribution in [0.15, 0.2) is 10.5 Å². The molecule has 1 aliphatic rings. The summed E-state index contributed by atoms with van der Waals surface area (Å²) in [7, 11) is 0. The number of aliphatic hydroxyl groups is 1. The van der Waals surface area contributed by atoms with Gasteiger partial charge in [0.05, 0.1) is 6.61 Å². The molecule has 0 bridgehead atoms. The van der Waals surface area contributed by atoms with Gasteiger partial charge in [-0.2, -0.15) is 0 Å². The lowest BCUT2D eigenvalue weighted by atomic mass is 10.2. The summed E-state index contributed by atoms with van der Waals surface area (Å²) in [6.07, 6.45) is 2.31. The zero-order valence-electron chi connectivity index (χ0n) is 9.49. The predicted octanol–water partition coefficient (Wildman–Crippen LogP) is 1.85. The lowest BCUT2D eigenvalue weighted by Crippen LogP contribution is -2.31. The Morgan fingerprint density at radius 2 is 2.33 bits per heavy atom. The van der Waals surface area contributed by atoms with Gasteiger partial charge in [-0.15, -0.1) is 0 Å². The van der Waals surface area contributed by atoms with E-state index in [9.17, 15) is 5.11 Å². The molecule has 2 rings (SSSR count). The molecule has 0 amide bonds. The molecule has 0 aliphatic carbocycles. The fraction of sp³-hybridized carbons (Fsp3) is 0.667. The lowest BCUT2D eigenvalue weighted by molar-refractivity contribution is 0.153. The van der Waals surface area contributed by atoms with Crippen molar-refractivity contribution in [2.75, 3.05) is 13.2 Å². The topological polar surface area (TPSA) is 36.6 Å². The van der Waals surface area contributed by atoms with Gasteiger partial charge in [-0.1, -0.05) is 0 Å². The largest absolute Gasteiger partial charge is 0.466 e. The van der Waals surface area contributed by atoms with Crippen molar-refractivity contribution in [1.82, 2.24) is 4.90 Å². The number of nitrogens with zero attached hydrogens (tertiary/aromatic N) is 1. The van der Waals surface area contributed by atoms with Gasteiger partial charge < -0.3 is 9.52 Å². The second-order valence-corrected chi connectivity index (χ2v) is 4.39. The van der Waals surface area contributed by atoms with Crippen molar-refractivity contribution in [2.45, 2.75) is 39.3 Å². The molecule has 2 heterocycles. The van der Waals surface area contributed by atoms with Crippen molar-refractivity contribution < 1.29 is 9.52 Å². The van der Waals surface area contributed by atoms with Crippen molar-refractivity contribution in [1.29, 1.82) is 0 Å². The van der Waals surface area contributed by atoms with E-state index in [1.807, 2.05) is 13.8 Å². The number of aliphatic hydroxyl groups excluding tert-OH is 1. The summed E-state index contributed by atoms with van der Waals surface area (Å²) in [5.41, 5.74) is 1.26. The molecule has 1 aromatic rings. The van der Waals surface area contributed by atoms with Crippen molar-refractivity contribution in [2.24, 2.45) is 0 Å². The van der Waals surface area contributed by atoms with Crippen LogP contribution >= 0.6 is 0 Å². The molecule has 1 fully saturated rings. The molecule has 0 spiro atoms. The molecule has 84 valence electrons. The number of hydrogen-bond acceptors (Lipinski definition) is 3. The van der Waals surface area contributed by atoms with E-state index in [0.29, 0.717) is 6.04 Å². The van der Waals surface area contributed by atoms with Crippen LogP contribution in [-0.4, -0.2) is 29.2 Å². The molecular formula is C12H19NO2. The molecule has 0 unspecified atom stereocenters. The minimum absolute atomic E-state index is 0.274. The average Bonchev–Trinajstić information content (AvgIpc) is 2.74. The molecule has 1 atom stereocenters. The molecule has 1 saturated heterocycles. The van der Waals surface area contributed by atoms with Gasteiger partial charge in [0.2, 0.25) is 0 Å². The van der Waals surface area contributed by atoms with Gasteiger partial charge >= 0.3 is 0 Å². The molecule has 3 nitrogen and oxygen atoms in total. The number of rotatable bonds is 3. The first-order valence-corrected chi connectivity index (χ1v) is 5.61. The molecule has 0 aromatic carbocycles. The lowest BCUT2D eigenvalue weighted by Gasteiger charge is -2.22. The Balaban J connectivity index is 2.05. The van der Waals surface area contributed by atoms with Crippen molar-refractivity contribution in [3.8, 4) is 0 Å². The van der Waals surface area contributed by atoms with Crippen molar-refractivity contribution >= 4 is 0 Å². The van der Waals surface area contributed by atoms with Gasteiger partial charge in [0.25, 0.3) is 0 Å². The third kappa shape index (κ3) is 2.24. The summed E-state index contributed by atoms with van der Waals surface area (Å²) in [6.45, 7) is 6.26. The molecule has 1 aliphatic heterocycles. The van der Waals surface area contributed by atoms with E-state index in [1.54, 1.807) is 0 Å². The zero-order chi connectivity index (χ0) is 10.8. The molecule has 1 aromatic heterocycles. The Hall–Kier alpha value is -0.800. The molecule has 15 heavy (non-hydrogen) atoms. The van der Waals surface area contributed by atoms with Gasteiger partial charge in [0, 0.05) is 18.2 Å². The van der Waals surface area contributed by atoms with E-state index in [2.05, 4.69) is 11.0 Å². The highest BCUT2D eigenvalue weighted by Crippen LogP contribution is 2.22. The van der Waals surface area contributed by atoms with Crippen molar-refractivity contribution in [3.05, 3.63) is 23.2 Å². The summed E-state index contributed by atoms with van der Waals surface area (Å²) in [5, 5.41) is 9.22. The van der Waals surface area contributed by atoms with Crippen LogP contribution in [-0.2, 0) is 6.54 Å². The maximum atomic E-state index is 9.22. The van der Waals surface area contributed by atoms with Crippen LogP contribution in [0.1, 0.15) is 29.9 Å². The number of furan rings is 1. The second kappa shape index (κ2) is 4.37. The highest BCUT2D eigenvalue weighted by Gasteiger charge is 2.24. The Labute approximate surface area is 90.7 Å². The summed E-state index contributed by atoms with van der Waals surface area (Å²) in [4.78, 5) is 2.34. The first-order valence-electron chi connectivity index (χ1n) is 5.61. The van der Waals surface area contributed by atoms with Gasteiger partial charge in [-0.05, 0) is 39.3 Å². The highest BCUT2D eigenvalue weighted by atomic mass is 16.3. The van der Waals surface area contributed by atoms with Crippen molar-refractivity contribution in [3.63, 3.8) is 0 Å². The first kappa shape index (κ1) is 10.7. The van der Waals surface area contributed by atoms with E-state index in [0.717, 1.165) is 31.0 Å². The Morgan fingerprint density at radius 3 is 2.93 bits per heavy atom. The molecule has 0 saturated carbocycles. The minimum atomic E-state index is 0.274. The first-order chi connectivity index (χ1) is 7.20. The minimum Gasteiger partial charge on any atom is -0.466 e. The normalized spacial score (nSPS) is 22.5. The van der Waals surface area contributed by atoms with E-state index < -0.39 is 0 Å². The van der Waals surface area contributed by atoms with Gasteiger partial charge in [-0.3, -0.25) is 4.90 Å². The maximum Gasteiger partial charge on any atom is 0.105 e. The predicted molar refractivity (Wildman–Crippen MR) is 58.7 cm³/mol. The Bertz CT molecular complexity index is 332. The number of likely N-dealkylation sites (tertiary alicyclic amines) is 1. The van der Waals surface area contributed by atoms with E-state index in [4.69, 9.17) is 4.42 Å². The molecule has 1 N–H and O–H groups in total. The van der Waals surface area contributed by atoms with E-state index >= 15 is 0 Å². The summed E-state index contributed by atoms with van der Waals surface area (Å²) < 4.78 is 5.50. The Morgan fingerprint density at radius 1 is 1.53 bits per heavy atom. The summed E-state index contributed by atoms with van der Waals surface area (Å²) >= 11 is 0. The second-order valence-electron chi connectivity index (χ2n) is 4.39. The zero-order valence-corrected chi connectivity index (χ0v) is 9.49.